The zero-order valence-electron chi connectivity index (χ0n) is 22.1. The second kappa shape index (κ2) is 14.9. The van der Waals surface area contributed by atoms with E-state index in [9.17, 15) is 29.7 Å². The van der Waals surface area contributed by atoms with Crippen LogP contribution in [0.25, 0.3) is 0 Å². The normalized spacial score (nSPS) is 22.8. The molecule has 0 radical (unpaired) electrons. The van der Waals surface area contributed by atoms with E-state index in [0.29, 0.717) is 6.42 Å². The van der Waals surface area contributed by atoms with Gasteiger partial charge in [-0.05, 0) is 25.3 Å². The Kier molecular flexibility index (Phi) is 13.0. The molecule has 0 bridgehead atoms. The molecule has 13 heteroatoms. The van der Waals surface area contributed by atoms with E-state index in [0.717, 1.165) is 0 Å². The van der Waals surface area contributed by atoms with Crippen LogP contribution in [-0.2, 0) is 28.6 Å². The predicted molar refractivity (Wildman–Crippen MR) is 133 cm³/mol. The molecule has 7 atom stereocenters. The Hall–Kier alpha value is -2.74. The number of aliphatic hydroxyl groups is 3. The Morgan fingerprint density at radius 3 is 2.22 bits per heavy atom. The van der Waals surface area contributed by atoms with E-state index in [-0.39, 0.29) is 36.5 Å². The maximum absolute atomic E-state index is 13.0. The molecule has 13 nitrogen and oxygen atoms in total. The van der Waals surface area contributed by atoms with E-state index in [1.165, 1.54) is 13.0 Å². The van der Waals surface area contributed by atoms with Crippen LogP contribution < -0.4 is 17.2 Å². The first-order chi connectivity index (χ1) is 17.2. The standard InChI is InChI=1S/C24H42N4O9/c1-11(2)15(25)6-7-19(32)36-23(12(3)4)37-22(34)18-9-16(28-24(26)27)14(8-13(5)30)21(35-18)20(33)17(31)10-29/h9,11-12,14-17,20-21,23,29,31,33H,6-8,10,25H2,1-5H3,(H4,26,27,28)/t14-,15-,16+,17-,20+,21-,23?/m1/s1. The molecule has 1 aliphatic heterocycles. The largest absolute Gasteiger partial charge is 0.480 e. The minimum Gasteiger partial charge on any atom is -0.480 e. The molecule has 0 spiro atoms. The van der Waals surface area contributed by atoms with Gasteiger partial charge in [-0.2, -0.15) is 0 Å². The third-order valence-corrected chi connectivity index (χ3v) is 5.94. The van der Waals surface area contributed by atoms with Gasteiger partial charge in [0.25, 0.3) is 0 Å². The van der Waals surface area contributed by atoms with Gasteiger partial charge in [-0.1, -0.05) is 27.7 Å². The van der Waals surface area contributed by atoms with Gasteiger partial charge in [-0.15, -0.1) is 0 Å². The number of rotatable bonds is 14. The van der Waals surface area contributed by atoms with Crippen molar-refractivity contribution in [1.82, 2.24) is 0 Å². The predicted octanol–water partition coefficient (Wildman–Crippen LogP) is -0.947. The Morgan fingerprint density at radius 1 is 1.11 bits per heavy atom. The fraction of sp³-hybridized carbons (Fsp3) is 0.750. The zero-order chi connectivity index (χ0) is 28.4. The minimum atomic E-state index is -1.70. The molecule has 0 amide bonds. The molecule has 1 aliphatic rings. The van der Waals surface area contributed by atoms with Crippen LogP contribution in [0.5, 0.6) is 0 Å². The van der Waals surface area contributed by atoms with Gasteiger partial charge in [-0.25, -0.2) is 9.79 Å². The highest BCUT2D eigenvalue weighted by Gasteiger charge is 2.44. The fourth-order valence-corrected chi connectivity index (χ4v) is 3.65. The van der Waals surface area contributed by atoms with Crippen molar-refractivity contribution in [3.63, 3.8) is 0 Å². The summed E-state index contributed by atoms with van der Waals surface area (Å²) in [7, 11) is 0. The molecule has 1 heterocycles. The van der Waals surface area contributed by atoms with Gasteiger partial charge in [0.05, 0.1) is 12.6 Å². The number of nitrogens with zero attached hydrogens (tertiary/aromatic N) is 1. The number of nitrogens with two attached hydrogens (primary N) is 3. The van der Waals surface area contributed by atoms with Gasteiger partial charge in [0, 0.05) is 30.7 Å². The molecule has 9 N–H and O–H groups in total. The lowest BCUT2D eigenvalue weighted by molar-refractivity contribution is -0.198. The lowest BCUT2D eigenvalue weighted by Crippen LogP contribution is -2.51. The third-order valence-electron chi connectivity index (χ3n) is 5.94. The van der Waals surface area contributed by atoms with E-state index < -0.39 is 66.8 Å². The summed E-state index contributed by atoms with van der Waals surface area (Å²) in [6.45, 7) is 7.73. The summed E-state index contributed by atoms with van der Waals surface area (Å²) in [6, 6.07) is -1.20. The van der Waals surface area contributed by atoms with Crippen LogP contribution in [0.15, 0.2) is 16.8 Å². The number of carbonyl (C=O) groups is 3. The van der Waals surface area contributed by atoms with Crippen molar-refractivity contribution in [3.05, 3.63) is 11.8 Å². The molecule has 1 unspecified atom stereocenters. The zero-order valence-corrected chi connectivity index (χ0v) is 22.1. The number of hydrogen-bond acceptors (Lipinski definition) is 11. The van der Waals surface area contributed by atoms with E-state index >= 15 is 0 Å². The summed E-state index contributed by atoms with van der Waals surface area (Å²) in [6.07, 6.45) is -4.47. The van der Waals surface area contributed by atoms with Gasteiger partial charge >= 0.3 is 11.9 Å². The number of ketones is 1. The van der Waals surface area contributed by atoms with Gasteiger partial charge < -0.3 is 51.5 Å². The molecule has 1 rings (SSSR count). The number of Topliss-reactive ketones (excluding diaryl/α,β-unsaturated/α-hetero) is 1. The van der Waals surface area contributed by atoms with Crippen LogP contribution in [0, 0.1) is 17.8 Å². The molecule has 0 aromatic heterocycles. The smallest absolute Gasteiger partial charge is 0.376 e. The van der Waals surface area contributed by atoms with Crippen LogP contribution in [0.1, 0.15) is 53.9 Å². The highest BCUT2D eigenvalue weighted by Crippen LogP contribution is 2.32. The van der Waals surface area contributed by atoms with Crippen LogP contribution in [0.3, 0.4) is 0 Å². The quantitative estimate of drug-likeness (QED) is 0.0691. The lowest BCUT2D eigenvalue weighted by atomic mass is 9.83. The van der Waals surface area contributed by atoms with Crippen LogP contribution in [-0.4, -0.2) is 82.3 Å². The molecular weight excluding hydrogens is 488 g/mol. The average molecular weight is 531 g/mol. The Morgan fingerprint density at radius 2 is 1.73 bits per heavy atom. The van der Waals surface area contributed by atoms with Crippen LogP contribution in [0.2, 0.25) is 0 Å². The van der Waals surface area contributed by atoms with E-state index in [1.807, 2.05) is 13.8 Å². The van der Waals surface area contributed by atoms with Crippen molar-refractivity contribution in [3.8, 4) is 0 Å². The number of esters is 2. The van der Waals surface area contributed by atoms with Gasteiger partial charge in [0.2, 0.25) is 12.0 Å². The van der Waals surface area contributed by atoms with Gasteiger partial charge in [0.15, 0.2) is 5.96 Å². The van der Waals surface area contributed by atoms with Crippen LogP contribution >= 0.6 is 0 Å². The maximum atomic E-state index is 13.0. The second-order valence-corrected chi connectivity index (χ2v) is 9.92. The molecular formula is C24H42N4O9. The first-order valence-corrected chi connectivity index (χ1v) is 12.3. The summed E-state index contributed by atoms with van der Waals surface area (Å²) in [4.78, 5) is 41.3. The lowest BCUT2D eigenvalue weighted by Gasteiger charge is -2.38. The van der Waals surface area contributed by atoms with E-state index in [1.54, 1.807) is 13.8 Å². The number of hydrogen-bond donors (Lipinski definition) is 6. The topological polar surface area (TPSA) is 230 Å². The second-order valence-electron chi connectivity index (χ2n) is 9.92. The van der Waals surface area contributed by atoms with Crippen molar-refractivity contribution in [2.24, 2.45) is 39.9 Å². The fourth-order valence-electron chi connectivity index (χ4n) is 3.65. The molecule has 0 saturated carbocycles. The monoisotopic (exact) mass is 530 g/mol. The van der Waals surface area contributed by atoms with Crippen molar-refractivity contribution >= 4 is 23.7 Å². The summed E-state index contributed by atoms with van der Waals surface area (Å²) in [5.41, 5.74) is 17.0. The summed E-state index contributed by atoms with van der Waals surface area (Å²) in [5.74, 6) is -3.83. The van der Waals surface area contributed by atoms with Crippen molar-refractivity contribution in [2.45, 2.75) is 90.6 Å². The van der Waals surface area contributed by atoms with Crippen molar-refractivity contribution in [2.75, 3.05) is 6.61 Å². The number of aliphatic hydroxyl groups excluding tert-OH is 3. The number of aliphatic imine (C=N–C) groups is 1. The molecule has 0 saturated heterocycles. The van der Waals surface area contributed by atoms with Gasteiger partial charge in [-0.3, -0.25) is 4.79 Å². The molecule has 0 aromatic carbocycles. The third kappa shape index (κ3) is 10.3. The molecule has 0 aromatic rings. The number of ether oxygens (including phenoxy) is 3. The van der Waals surface area contributed by atoms with E-state index in [4.69, 9.17) is 31.4 Å². The molecule has 212 valence electrons. The summed E-state index contributed by atoms with van der Waals surface area (Å²) < 4.78 is 16.4. The highest BCUT2D eigenvalue weighted by atomic mass is 16.7. The van der Waals surface area contributed by atoms with E-state index in [2.05, 4.69) is 4.99 Å². The van der Waals surface area contributed by atoms with Crippen LogP contribution in [0.4, 0.5) is 0 Å². The Labute approximate surface area is 217 Å². The first-order valence-electron chi connectivity index (χ1n) is 12.3. The Balaban J connectivity index is 3.18. The molecule has 37 heavy (non-hydrogen) atoms. The average Bonchev–Trinajstić information content (AvgIpc) is 2.80. The Bertz CT molecular complexity index is 842. The van der Waals surface area contributed by atoms with Gasteiger partial charge in [0.1, 0.15) is 24.1 Å². The first kappa shape index (κ1) is 32.3. The molecule has 0 aliphatic carbocycles. The number of carbonyl (C=O) groups excluding carboxylic acids is 3. The van der Waals surface area contributed by atoms with Crippen molar-refractivity contribution in [1.29, 1.82) is 0 Å². The molecule has 0 fully saturated rings. The number of guanidine groups is 1. The maximum Gasteiger partial charge on any atom is 0.376 e. The summed E-state index contributed by atoms with van der Waals surface area (Å²) >= 11 is 0. The highest BCUT2D eigenvalue weighted by molar-refractivity contribution is 5.87. The SMILES string of the molecule is CC(=O)C[C@H]1[C@H]([C@@H](O)[C@H](O)CO)OC(C(=O)OC(OC(=O)CC[C@@H](N)C(C)C)C(C)C)=C[C@@H]1N=C(N)N. The minimum absolute atomic E-state index is 0.0337. The van der Waals surface area contributed by atoms with Crippen molar-refractivity contribution < 1.29 is 43.9 Å². The summed E-state index contributed by atoms with van der Waals surface area (Å²) in [5, 5.41) is 29.9.